The fourth-order valence-corrected chi connectivity index (χ4v) is 4.91. The van der Waals surface area contributed by atoms with Crippen LogP contribution in [0.25, 0.3) is 0 Å². The van der Waals surface area contributed by atoms with E-state index in [0.29, 0.717) is 5.92 Å². The van der Waals surface area contributed by atoms with Gasteiger partial charge in [0.05, 0.1) is 0 Å². The molecule has 21 heavy (non-hydrogen) atoms. The highest BCUT2D eigenvalue weighted by Crippen LogP contribution is 2.22. The Labute approximate surface area is 137 Å². The topological polar surface area (TPSA) is 101 Å². The largest absolute Gasteiger partial charge is 0.301 e. The summed E-state index contributed by atoms with van der Waals surface area (Å²) in [6, 6.07) is 0. The van der Waals surface area contributed by atoms with E-state index >= 15 is 0 Å². The van der Waals surface area contributed by atoms with Gasteiger partial charge in [0.2, 0.25) is 15.4 Å². The van der Waals surface area contributed by atoms with Crippen molar-refractivity contribution >= 4 is 48.3 Å². The Bertz CT molecular complexity index is 572. The predicted octanol–water partition coefficient (Wildman–Crippen LogP) is 1.97. The van der Waals surface area contributed by atoms with E-state index in [1.54, 1.807) is 0 Å². The van der Waals surface area contributed by atoms with Crippen molar-refractivity contribution in [3.8, 4) is 0 Å². The molecule has 120 valence electrons. The molecule has 1 aromatic heterocycles. The fraction of sp³-hybridized carbons (Fsp3) is 0.727. The van der Waals surface area contributed by atoms with Crippen LogP contribution < -0.4 is 10.0 Å². The van der Waals surface area contributed by atoms with Gasteiger partial charge >= 0.3 is 0 Å². The highest BCUT2D eigenvalue weighted by molar-refractivity contribution is 9.09. The molecule has 0 saturated heterocycles. The molecule has 0 radical (unpaired) electrons. The van der Waals surface area contributed by atoms with Gasteiger partial charge in [0.1, 0.15) is 0 Å². The lowest BCUT2D eigenvalue weighted by Crippen LogP contribution is -2.32. The van der Waals surface area contributed by atoms with Crippen molar-refractivity contribution < 1.29 is 13.2 Å². The maximum atomic E-state index is 12.1. The molecular weight excluding hydrogens is 380 g/mol. The van der Waals surface area contributed by atoms with Gasteiger partial charge in [-0.15, -0.1) is 10.2 Å². The van der Waals surface area contributed by atoms with Crippen LogP contribution in [0.15, 0.2) is 4.34 Å². The lowest BCUT2D eigenvalue weighted by molar-refractivity contribution is -0.114. The Kier molecular flexibility index (Phi) is 7.17. The summed E-state index contributed by atoms with van der Waals surface area (Å²) in [5, 5.41) is 9.78. The summed E-state index contributed by atoms with van der Waals surface area (Å²) in [7, 11) is -3.71. The first-order chi connectivity index (χ1) is 9.80. The first-order valence-corrected chi connectivity index (χ1v) is 9.76. The van der Waals surface area contributed by atoms with Crippen LogP contribution in [0.4, 0.5) is 5.13 Å². The van der Waals surface area contributed by atoms with Crippen LogP contribution in [0.1, 0.15) is 33.6 Å². The molecule has 1 aromatic rings. The molecule has 0 aliphatic carbocycles. The van der Waals surface area contributed by atoms with E-state index in [1.165, 1.54) is 6.92 Å². The van der Waals surface area contributed by atoms with Crippen molar-refractivity contribution in [2.75, 3.05) is 11.9 Å². The van der Waals surface area contributed by atoms with Crippen LogP contribution in [-0.2, 0) is 14.8 Å². The molecule has 1 unspecified atom stereocenters. The number of alkyl halides is 1. The number of carbonyl (C=O) groups excluding carboxylic acids is 1. The highest BCUT2D eigenvalue weighted by Gasteiger charge is 2.23. The first-order valence-electron chi connectivity index (χ1n) is 6.55. The smallest absolute Gasteiger partial charge is 0.269 e. The summed E-state index contributed by atoms with van der Waals surface area (Å²) < 4.78 is 26.6. The first kappa shape index (κ1) is 18.5. The Hall–Kier alpha value is -0.580. The maximum absolute atomic E-state index is 12.1. The number of aromatic nitrogens is 2. The summed E-state index contributed by atoms with van der Waals surface area (Å²) in [5.74, 6) is 0.0781. The normalized spacial score (nSPS) is 13.4. The summed E-state index contributed by atoms with van der Waals surface area (Å²) >= 11 is 4.33. The third-order valence-electron chi connectivity index (χ3n) is 2.95. The second kappa shape index (κ2) is 8.16. The Morgan fingerprint density at radius 1 is 1.33 bits per heavy atom. The molecule has 0 spiro atoms. The summed E-state index contributed by atoms with van der Waals surface area (Å²) in [5.41, 5.74) is 0. The quantitative estimate of drug-likeness (QED) is 0.514. The standard InChI is InChI=1S/C11H19BrN4O3S2/c1-4-8(5-2)9(12)6-13-21(18,19)11-16-15-10(20-11)14-7(3)17/h8-9,13H,4-6H2,1-3H3,(H,14,15,17). The Balaban J connectivity index is 2.69. The number of carbonyl (C=O) groups is 1. The van der Waals surface area contributed by atoms with E-state index in [-0.39, 0.29) is 26.8 Å². The van der Waals surface area contributed by atoms with Crippen molar-refractivity contribution in [1.82, 2.24) is 14.9 Å². The third kappa shape index (κ3) is 5.61. The van der Waals surface area contributed by atoms with Crippen molar-refractivity contribution in [1.29, 1.82) is 0 Å². The minimum atomic E-state index is -3.71. The number of amides is 1. The minimum Gasteiger partial charge on any atom is -0.301 e. The predicted molar refractivity (Wildman–Crippen MR) is 86.2 cm³/mol. The van der Waals surface area contributed by atoms with Crippen molar-refractivity contribution in [2.45, 2.75) is 42.8 Å². The highest BCUT2D eigenvalue weighted by atomic mass is 79.9. The average Bonchev–Trinajstić information content (AvgIpc) is 2.86. The molecule has 0 aromatic carbocycles. The third-order valence-corrected chi connectivity index (χ3v) is 6.65. The zero-order chi connectivity index (χ0) is 16.0. The zero-order valence-corrected chi connectivity index (χ0v) is 15.3. The number of anilines is 1. The number of rotatable bonds is 8. The molecule has 0 bridgehead atoms. The average molecular weight is 399 g/mol. The minimum absolute atomic E-state index is 0.0602. The second-order valence-electron chi connectivity index (χ2n) is 4.50. The van der Waals surface area contributed by atoms with E-state index in [9.17, 15) is 13.2 Å². The molecule has 0 aliphatic rings. The molecule has 7 nitrogen and oxygen atoms in total. The zero-order valence-electron chi connectivity index (χ0n) is 12.1. The number of hydrogen-bond acceptors (Lipinski definition) is 6. The Morgan fingerprint density at radius 3 is 2.48 bits per heavy atom. The lowest BCUT2D eigenvalue weighted by Gasteiger charge is -2.19. The molecule has 1 atom stereocenters. The van der Waals surface area contributed by atoms with E-state index in [4.69, 9.17) is 0 Å². The summed E-state index contributed by atoms with van der Waals surface area (Å²) in [4.78, 5) is 10.9. The van der Waals surface area contributed by atoms with E-state index in [1.807, 2.05) is 0 Å². The van der Waals surface area contributed by atoms with Crippen LogP contribution in [0, 0.1) is 5.92 Å². The van der Waals surface area contributed by atoms with Gasteiger partial charge in [0, 0.05) is 18.3 Å². The molecule has 0 aliphatic heterocycles. The lowest BCUT2D eigenvalue weighted by atomic mass is 10.00. The molecule has 1 rings (SSSR count). The van der Waals surface area contributed by atoms with Gasteiger partial charge in [-0.2, -0.15) is 0 Å². The number of nitrogens with one attached hydrogen (secondary N) is 2. The Morgan fingerprint density at radius 2 is 1.95 bits per heavy atom. The molecule has 1 heterocycles. The summed E-state index contributed by atoms with van der Waals surface area (Å²) in [6.45, 7) is 5.74. The number of hydrogen-bond donors (Lipinski definition) is 2. The van der Waals surface area contributed by atoms with Crippen molar-refractivity contribution in [3.63, 3.8) is 0 Å². The van der Waals surface area contributed by atoms with Gasteiger partial charge in [0.25, 0.3) is 10.0 Å². The van der Waals surface area contributed by atoms with Gasteiger partial charge in [-0.3, -0.25) is 4.79 Å². The number of sulfonamides is 1. The monoisotopic (exact) mass is 398 g/mol. The van der Waals surface area contributed by atoms with E-state index in [2.05, 4.69) is 50.0 Å². The van der Waals surface area contributed by atoms with Gasteiger partial charge in [-0.1, -0.05) is 54.0 Å². The number of nitrogens with zero attached hydrogens (tertiary/aromatic N) is 2. The summed E-state index contributed by atoms with van der Waals surface area (Å²) in [6.07, 6.45) is 1.94. The van der Waals surface area contributed by atoms with Gasteiger partial charge in [-0.05, 0) is 5.92 Å². The van der Waals surface area contributed by atoms with Gasteiger partial charge in [0.15, 0.2) is 0 Å². The second-order valence-corrected chi connectivity index (χ2v) is 8.59. The molecule has 0 saturated carbocycles. The van der Waals surface area contributed by atoms with Crippen molar-refractivity contribution in [2.24, 2.45) is 5.92 Å². The van der Waals surface area contributed by atoms with Crippen LogP contribution in [-0.4, -0.2) is 35.9 Å². The van der Waals surface area contributed by atoms with E-state index in [0.717, 1.165) is 24.2 Å². The van der Waals surface area contributed by atoms with Gasteiger partial charge < -0.3 is 5.32 Å². The molecule has 1 amide bonds. The molecular formula is C11H19BrN4O3S2. The van der Waals surface area contributed by atoms with Gasteiger partial charge in [-0.25, -0.2) is 13.1 Å². The fourth-order valence-electron chi connectivity index (χ4n) is 1.74. The molecule has 10 heteroatoms. The van der Waals surface area contributed by atoms with Crippen LogP contribution in [0.3, 0.4) is 0 Å². The SMILES string of the molecule is CCC(CC)C(Br)CNS(=O)(=O)c1nnc(NC(C)=O)s1. The van der Waals surface area contributed by atoms with Crippen molar-refractivity contribution in [3.05, 3.63) is 0 Å². The van der Waals surface area contributed by atoms with Crippen LogP contribution in [0.2, 0.25) is 0 Å². The molecule has 2 N–H and O–H groups in total. The van der Waals surface area contributed by atoms with Crippen LogP contribution in [0.5, 0.6) is 0 Å². The maximum Gasteiger partial charge on any atom is 0.269 e. The van der Waals surface area contributed by atoms with Crippen LogP contribution >= 0.6 is 27.3 Å². The molecule has 0 fully saturated rings. The van der Waals surface area contributed by atoms with E-state index < -0.39 is 10.0 Å². The number of halogens is 1.